The van der Waals surface area contributed by atoms with Gasteiger partial charge in [0, 0.05) is 6.04 Å². The van der Waals surface area contributed by atoms with E-state index in [4.69, 9.17) is 0 Å². The number of nitrogens with one attached hydrogen (secondary N) is 1. The van der Waals surface area contributed by atoms with E-state index >= 15 is 0 Å². The van der Waals surface area contributed by atoms with Gasteiger partial charge in [-0.3, -0.25) is 4.79 Å². The van der Waals surface area contributed by atoms with E-state index in [0.29, 0.717) is 21.2 Å². The molecule has 0 spiro atoms. The van der Waals surface area contributed by atoms with Crippen molar-refractivity contribution < 1.29 is 18.0 Å². The summed E-state index contributed by atoms with van der Waals surface area (Å²) in [5.74, 6) is 1.29. The molecule has 3 aromatic rings. The molecule has 2 fully saturated rings. The third kappa shape index (κ3) is 3.67. The number of nitrogens with zero attached hydrogens (tertiary/aromatic N) is 3. The summed E-state index contributed by atoms with van der Waals surface area (Å²) in [5.41, 5.74) is -0.896. The Balaban J connectivity index is 1.50. The van der Waals surface area contributed by atoms with Crippen LogP contribution in [0.5, 0.6) is 0 Å². The molecule has 2 aliphatic carbocycles. The van der Waals surface area contributed by atoms with Crippen LogP contribution in [0.1, 0.15) is 48.8 Å². The first kappa shape index (κ1) is 20.9. The van der Waals surface area contributed by atoms with Gasteiger partial charge in [-0.2, -0.15) is 18.3 Å². The summed E-state index contributed by atoms with van der Waals surface area (Å²) in [6.45, 7) is 1.97. The number of carbonyl (C=O) groups is 1. The van der Waals surface area contributed by atoms with Gasteiger partial charge in [0.15, 0.2) is 17.0 Å². The summed E-state index contributed by atoms with van der Waals surface area (Å²) in [5, 5.41) is 8.75. The summed E-state index contributed by atoms with van der Waals surface area (Å²) in [4.78, 5) is 17.9. The number of carbonyl (C=O) groups excluding carboxylic acids is 1. The second-order valence-electron chi connectivity index (χ2n) is 8.50. The molecule has 1 amide bonds. The van der Waals surface area contributed by atoms with E-state index in [1.807, 2.05) is 6.92 Å². The van der Waals surface area contributed by atoms with E-state index in [1.165, 1.54) is 30.6 Å². The van der Waals surface area contributed by atoms with Crippen molar-refractivity contribution in [2.24, 2.45) is 17.8 Å². The second kappa shape index (κ2) is 7.58. The molecular weight excluding hydrogens is 493 g/mol. The fourth-order valence-electron chi connectivity index (χ4n) is 5.18. The van der Waals surface area contributed by atoms with E-state index in [-0.39, 0.29) is 27.5 Å². The molecule has 5 nitrogen and oxygen atoms in total. The first-order valence-corrected chi connectivity index (χ1v) is 11.9. The Morgan fingerprint density at radius 2 is 2.16 bits per heavy atom. The van der Waals surface area contributed by atoms with Gasteiger partial charge < -0.3 is 5.32 Å². The van der Waals surface area contributed by atoms with Crippen LogP contribution in [-0.4, -0.2) is 26.5 Å². The highest BCUT2D eigenvalue weighted by Gasteiger charge is 2.42. The largest absolute Gasteiger partial charge is 0.433 e. The van der Waals surface area contributed by atoms with Crippen LogP contribution >= 0.6 is 27.3 Å². The van der Waals surface area contributed by atoms with E-state index in [2.05, 4.69) is 31.3 Å². The Bertz CT molecular complexity index is 1140. The number of fused-ring (bicyclic) bond motifs is 3. The first-order chi connectivity index (χ1) is 14.7. The number of aromatic nitrogens is 3. The van der Waals surface area contributed by atoms with Gasteiger partial charge in [0.25, 0.3) is 5.91 Å². The third-order valence-corrected chi connectivity index (χ3v) is 8.23. The maximum atomic E-state index is 13.8. The summed E-state index contributed by atoms with van der Waals surface area (Å²) in [6, 6.07) is 4.37. The van der Waals surface area contributed by atoms with Crippen LogP contribution in [0.15, 0.2) is 28.1 Å². The maximum absolute atomic E-state index is 13.8. The van der Waals surface area contributed by atoms with Gasteiger partial charge >= 0.3 is 6.18 Å². The lowest BCUT2D eigenvalue weighted by Gasteiger charge is -2.28. The number of amides is 1. The van der Waals surface area contributed by atoms with Crippen LogP contribution < -0.4 is 5.32 Å². The van der Waals surface area contributed by atoms with E-state index in [9.17, 15) is 18.0 Å². The van der Waals surface area contributed by atoms with E-state index in [1.54, 1.807) is 17.5 Å². The molecule has 3 heterocycles. The number of alkyl halides is 3. The maximum Gasteiger partial charge on any atom is 0.433 e. The van der Waals surface area contributed by atoms with Gasteiger partial charge in [0.1, 0.15) is 0 Å². The number of hydrogen-bond acceptors (Lipinski definition) is 4. The minimum absolute atomic E-state index is 0.0315. The lowest BCUT2D eigenvalue weighted by molar-refractivity contribution is -0.142. The van der Waals surface area contributed by atoms with Crippen LogP contribution in [0.2, 0.25) is 0 Å². The Morgan fingerprint density at radius 3 is 2.77 bits per heavy atom. The van der Waals surface area contributed by atoms with Gasteiger partial charge in [0.2, 0.25) is 0 Å². The topological polar surface area (TPSA) is 59.3 Å². The molecule has 0 aromatic carbocycles. The van der Waals surface area contributed by atoms with Crippen molar-refractivity contribution in [3.63, 3.8) is 0 Å². The van der Waals surface area contributed by atoms with E-state index < -0.39 is 17.8 Å². The first-order valence-electron chi connectivity index (χ1n) is 10.2. The van der Waals surface area contributed by atoms with E-state index in [0.717, 1.165) is 18.4 Å². The molecule has 10 heteroatoms. The molecule has 2 aliphatic rings. The number of thiophene rings is 1. The molecule has 2 bridgehead atoms. The fourth-order valence-corrected chi connectivity index (χ4v) is 6.38. The SMILES string of the molecule is C[C@H](NC(=O)c1nn2c(C(F)(F)F)cc(-c3cccs3)nc2c1Br)[C@@H]1C[C@H]2CC[C@H]1C2. The standard InChI is InChI=1S/C21H20BrF3N4OS/c1-10(13-8-11-4-5-12(13)7-11)26-20(30)18-17(22)19-27-14(15-3-2-6-31-15)9-16(21(23,24)25)29(19)28-18/h2-3,6,9-13H,4-5,7-8H2,1H3,(H,26,30)/t10-,11-,12-,13-/m0/s1. The van der Waals surface area contributed by atoms with Crippen molar-refractivity contribution in [3.8, 4) is 10.6 Å². The minimum atomic E-state index is -4.65. The smallest absolute Gasteiger partial charge is 0.348 e. The molecule has 2 saturated carbocycles. The molecule has 164 valence electrons. The minimum Gasteiger partial charge on any atom is -0.348 e. The molecule has 0 aliphatic heterocycles. The summed E-state index contributed by atoms with van der Waals surface area (Å²) in [6.07, 6.45) is 0.120. The van der Waals surface area contributed by atoms with Crippen LogP contribution in [0.3, 0.4) is 0 Å². The number of hydrogen-bond donors (Lipinski definition) is 1. The van der Waals surface area contributed by atoms with Gasteiger partial charge in [-0.15, -0.1) is 11.3 Å². The zero-order valence-electron chi connectivity index (χ0n) is 16.6. The molecule has 0 unspecified atom stereocenters. The van der Waals surface area contributed by atoms with Crippen molar-refractivity contribution in [2.45, 2.75) is 44.8 Å². The summed E-state index contributed by atoms with van der Waals surface area (Å²) >= 11 is 4.58. The Hall–Kier alpha value is -1.94. The van der Waals surface area contributed by atoms with Gasteiger partial charge in [-0.05, 0) is 77.4 Å². The van der Waals surface area contributed by atoms with Crippen molar-refractivity contribution in [2.75, 3.05) is 0 Å². The quantitative estimate of drug-likeness (QED) is 0.480. The summed E-state index contributed by atoms with van der Waals surface area (Å²) < 4.78 is 42.2. The molecule has 31 heavy (non-hydrogen) atoms. The number of halogens is 4. The molecule has 5 rings (SSSR count). The highest BCUT2D eigenvalue weighted by atomic mass is 79.9. The second-order valence-corrected chi connectivity index (χ2v) is 10.2. The zero-order chi connectivity index (χ0) is 21.9. The Labute approximate surface area is 189 Å². The van der Waals surface area contributed by atoms with Gasteiger partial charge in [-0.25, -0.2) is 9.50 Å². The van der Waals surface area contributed by atoms with Gasteiger partial charge in [-0.1, -0.05) is 12.5 Å². The molecule has 3 aromatic heterocycles. The molecule has 4 atom stereocenters. The molecule has 0 radical (unpaired) electrons. The normalized spacial score (nSPS) is 24.1. The highest BCUT2D eigenvalue weighted by molar-refractivity contribution is 9.10. The molecular formula is C21H20BrF3N4OS. The Morgan fingerprint density at radius 1 is 1.35 bits per heavy atom. The number of rotatable bonds is 4. The third-order valence-electron chi connectivity index (χ3n) is 6.61. The van der Waals surface area contributed by atoms with Crippen molar-refractivity contribution >= 4 is 38.8 Å². The molecule has 0 saturated heterocycles. The molecule has 1 N–H and O–H groups in total. The zero-order valence-corrected chi connectivity index (χ0v) is 19.0. The summed E-state index contributed by atoms with van der Waals surface area (Å²) in [7, 11) is 0. The van der Waals surface area contributed by atoms with Gasteiger partial charge in [0.05, 0.1) is 15.0 Å². The van der Waals surface area contributed by atoms with Crippen LogP contribution in [0.25, 0.3) is 16.2 Å². The van der Waals surface area contributed by atoms with Crippen molar-refractivity contribution in [3.05, 3.63) is 39.4 Å². The van der Waals surface area contributed by atoms with Crippen LogP contribution in [0.4, 0.5) is 13.2 Å². The van der Waals surface area contributed by atoms with Crippen molar-refractivity contribution in [1.29, 1.82) is 0 Å². The Kier molecular flexibility index (Phi) is 5.12. The predicted octanol–water partition coefficient (Wildman–Crippen LogP) is 5.79. The monoisotopic (exact) mass is 512 g/mol. The lowest BCUT2D eigenvalue weighted by atomic mass is 9.84. The van der Waals surface area contributed by atoms with Crippen molar-refractivity contribution in [1.82, 2.24) is 19.9 Å². The average Bonchev–Trinajstić information content (AvgIpc) is 3.51. The average molecular weight is 513 g/mol. The fraction of sp³-hybridized carbons (Fsp3) is 0.476. The highest BCUT2D eigenvalue weighted by Crippen LogP contribution is 2.49. The lowest BCUT2D eigenvalue weighted by Crippen LogP contribution is -2.40. The van der Waals surface area contributed by atoms with Crippen LogP contribution in [-0.2, 0) is 6.18 Å². The van der Waals surface area contributed by atoms with Crippen LogP contribution in [0, 0.1) is 17.8 Å². The predicted molar refractivity (Wildman–Crippen MR) is 115 cm³/mol.